The van der Waals surface area contributed by atoms with Crippen LogP contribution in [0.3, 0.4) is 0 Å². The van der Waals surface area contributed by atoms with E-state index in [-0.39, 0.29) is 7.43 Å². The first-order chi connectivity index (χ1) is 14.1. The average molecular weight is 429 g/mol. The Kier molecular flexibility index (Phi) is 9.88. The molecule has 3 N–H and O–H groups in total. The second kappa shape index (κ2) is 11.6. The van der Waals surface area contributed by atoms with Crippen molar-refractivity contribution in [2.45, 2.75) is 72.6 Å². The van der Waals surface area contributed by atoms with E-state index in [1.54, 1.807) is 24.5 Å². The lowest BCUT2D eigenvalue weighted by Crippen LogP contribution is -2.53. The Morgan fingerprint density at radius 3 is 1.97 bits per heavy atom. The van der Waals surface area contributed by atoms with Crippen LogP contribution in [0.1, 0.15) is 64.4 Å². The van der Waals surface area contributed by atoms with Crippen LogP contribution in [0.5, 0.6) is 0 Å². The summed E-state index contributed by atoms with van der Waals surface area (Å²) in [5.41, 5.74) is 4.89. The number of nitrogens with one attached hydrogen (secondary N) is 2. The molecule has 0 aromatic heterocycles. The number of aryl methyl sites for hydroxylation is 1. The van der Waals surface area contributed by atoms with Crippen LogP contribution in [0.2, 0.25) is 0 Å². The van der Waals surface area contributed by atoms with E-state index in [1.165, 1.54) is 5.56 Å². The minimum Gasteiger partial charge on any atom is -0.370 e. The molecule has 2 aromatic carbocycles. The predicted octanol–water partition coefficient (Wildman–Crippen LogP) is 4.75. The minimum absolute atomic E-state index is 0. The Labute approximate surface area is 186 Å². The molecule has 0 heterocycles. The zero-order valence-corrected chi connectivity index (χ0v) is 18.4. The molecular formula is C25H36N2O4. The fourth-order valence-corrected chi connectivity index (χ4v) is 3.28. The van der Waals surface area contributed by atoms with E-state index in [2.05, 4.69) is 36.5 Å². The van der Waals surface area contributed by atoms with E-state index in [9.17, 15) is 9.59 Å². The fourth-order valence-electron chi connectivity index (χ4n) is 3.28. The van der Waals surface area contributed by atoms with Gasteiger partial charge < -0.3 is 10.1 Å². The van der Waals surface area contributed by atoms with Gasteiger partial charge in [0.15, 0.2) is 0 Å². The predicted molar refractivity (Wildman–Crippen MR) is 124 cm³/mol. The van der Waals surface area contributed by atoms with Gasteiger partial charge >= 0.3 is 0 Å². The average Bonchev–Trinajstić information content (AvgIpc) is 2.71. The number of rotatable bonds is 8. The Morgan fingerprint density at radius 1 is 1.00 bits per heavy atom. The van der Waals surface area contributed by atoms with Crippen LogP contribution in [-0.2, 0) is 16.0 Å². The summed E-state index contributed by atoms with van der Waals surface area (Å²) in [4.78, 5) is 24.7. The van der Waals surface area contributed by atoms with Crippen LogP contribution in [0.15, 0.2) is 48.5 Å². The van der Waals surface area contributed by atoms with Gasteiger partial charge in [-0.3, -0.25) is 14.8 Å². The van der Waals surface area contributed by atoms with Gasteiger partial charge in [-0.15, -0.1) is 0 Å². The van der Waals surface area contributed by atoms with Crippen molar-refractivity contribution in [1.82, 2.24) is 10.8 Å². The van der Waals surface area contributed by atoms with Crippen LogP contribution in [0, 0.1) is 0 Å². The third kappa shape index (κ3) is 7.81. The number of hydrogen-bond acceptors (Lipinski definition) is 4. The molecule has 0 bridgehead atoms. The van der Waals surface area contributed by atoms with Crippen molar-refractivity contribution in [3.63, 3.8) is 0 Å². The van der Waals surface area contributed by atoms with Gasteiger partial charge in [-0.05, 0) is 62.9 Å². The number of hydroxylamine groups is 1. The molecule has 0 fully saturated rings. The summed E-state index contributed by atoms with van der Waals surface area (Å²) in [5.74, 6) is -1.15. The Hall–Kier alpha value is -2.70. The van der Waals surface area contributed by atoms with Crippen LogP contribution in [0.4, 0.5) is 0 Å². The molecule has 170 valence electrons. The molecule has 2 atom stereocenters. The van der Waals surface area contributed by atoms with E-state index in [0.717, 1.165) is 24.0 Å². The van der Waals surface area contributed by atoms with E-state index in [0.29, 0.717) is 5.56 Å². The molecule has 31 heavy (non-hydrogen) atoms. The van der Waals surface area contributed by atoms with Crippen LogP contribution >= 0.6 is 0 Å². The van der Waals surface area contributed by atoms with Crippen molar-refractivity contribution in [2.24, 2.45) is 0 Å². The van der Waals surface area contributed by atoms with E-state index < -0.39 is 29.6 Å². The zero-order valence-electron chi connectivity index (χ0n) is 18.4. The van der Waals surface area contributed by atoms with Gasteiger partial charge in [0.1, 0.15) is 6.04 Å². The molecule has 2 amide bonds. The van der Waals surface area contributed by atoms with E-state index in [1.807, 2.05) is 32.9 Å². The molecule has 0 aliphatic heterocycles. The maximum atomic E-state index is 12.7. The van der Waals surface area contributed by atoms with Crippen molar-refractivity contribution < 1.29 is 19.5 Å². The van der Waals surface area contributed by atoms with E-state index >= 15 is 0 Å². The normalized spacial score (nSPS) is 13.0. The highest BCUT2D eigenvalue weighted by Gasteiger charge is 2.30. The third-order valence-corrected chi connectivity index (χ3v) is 4.66. The summed E-state index contributed by atoms with van der Waals surface area (Å²) in [5, 5.41) is 11.7. The number of ether oxygens (including phenoxy) is 1. The fraction of sp³-hybridized carbons (Fsp3) is 0.440. The van der Waals surface area contributed by atoms with Crippen molar-refractivity contribution in [3.05, 3.63) is 59.7 Å². The Balaban J connectivity index is 0.00000480. The number of carbonyl (C=O) groups is 2. The topological polar surface area (TPSA) is 87.7 Å². The highest BCUT2D eigenvalue weighted by Crippen LogP contribution is 2.21. The van der Waals surface area contributed by atoms with Crippen molar-refractivity contribution >= 4 is 11.8 Å². The summed E-state index contributed by atoms with van der Waals surface area (Å²) in [7, 11) is 0. The summed E-state index contributed by atoms with van der Waals surface area (Å²) < 4.78 is 5.78. The van der Waals surface area contributed by atoms with Gasteiger partial charge in [0, 0.05) is 5.56 Å². The maximum absolute atomic E-state index is 12.7. The molecule has 0 unspecified atom stereocenters. The molecular weight excluding hydrogens is 392 g/mol. The summed E-state index contributed by atoms with van der Waals surface area (Å²) in [6.07, 6.45) is 1.53. The SMILES string of the molecule is C.CCCc1ccc(-c2ccc(C(=O)N[C@H](C(=O)NO)[C@@H](C)OC(C)(C)C)cc2)cc1. The Morgan fingerprint density at radius 2 is 1.52 bits per heavy atom. The van der Waals surface area contributed by atoms with Gasteiger partial charge in [-0.1, -0.05) is 57.2 Å². The number of benzene rings is 2. The van der Waals surface area contributed by atoms with Crippen molar-refractivity contribution in [3.8, 4) is 11.1 Å². The Bertz CT molecular complexity index is 839. The highest BCUT2D eigenvalue weighted by atomic mass is 16.5. The molecule has 6 heteroatoms. The molecule has 0 saturated carbocycles. The molecule has 0 spiro atoms. The lowest BCUT2D eigenvalue weighted by Gasteiger charge is -2.30. The molecule has 2 aromatic rings. The van der Waals surface area contributed by atoms with Crippen LogP contribution in [-0.4, -0.2) is 34.8 Å². The summed E-state index contributed by atoms with van der Waals surface area (Å²) >= 11 is 0. The molecule has 0 aliphatic carbocycles. The lowest BCUT2D eigenvalue weighted by molar-refractivity contribution is -0.138. The second-order valence-corrected chi connectivity index (χ2v) is 8.39. The van der Waals surface area contributed by atoms with Gasteiger partial charge in [-0.25, -0.2) is 5.48 Å². The molecule has 6 nitrogen and oxygen atoms in total. The van der Waals surface area contributed by atoms with E-state index in [4.69, 9.17) is 9.94 Å². The number of hydrogen-bond donors (Lipinski definition) is 3. The van der Waals surface area contributed by atoms with Gasteiger partial charge in [-0.2, -0.15) is 0 Å². The van der Waals surface area contributed by atoms with Gasteiger partial charge in [0.05, 0.1) is 11.7 Å². The molecule has 0 saturated heterocycles. The summed E-state index contributed by atoms with van der Waals surface area (Å²) in [6, 6.07) is 14.5. The van der Waals surface area contributed by atoms with Crippen LogP contribution in [0.25, 0.3) is 11.1 Å². The van der Waals surface area contributed by atoms with Crippen molar-refractivity contribution in [2.75, 3.05) is 0 Å². The van der Waals surface area contributed by atoms with Crippen LogP contribution < -0.4 is 10.8 Å². The standard InChI is InChI=1S/C24H32N2O4.CH4/c1-6-7-17-8-10-18(11-9-17)19-12-14-20(15-13-19)22(27)25-21(23(28)26-29)16(2)30-24(3,4)5;/h8-16,21,29H,6-7H2,1-5H3,(H,25,27)(H,26,28);1H4/t16-,21+;/m1./s1. The quantitative estimate of drug-likeness (QED) is 0.418. The maximum Gasteiger partial charge on any atom is 0.268 e. The zero-order chi connectivity index (χ0) is 22.3. The first-order valence-corrected chi connectivity index (χ1v) is 10.3. The highest BCUT2D eigenvalue weighted by molar-refractivity contribution is 5.98. The lowest BCUT2D eigenvalue weighted by atomic mass is 10.0. The minimum atomic E-state index is -1.03. The first-order valence-electron chi connectivity index (χ1n) is 10.3. The summed E-state index contributed by atoms with van der Waals surface area (Å²) in [6.45, 7) is 9.39. The molecule has 2 rings (SSSR count). The van der Waals surface area contributed by atoms with Crippen molar-refractivity contribution in [1.29, 1.82) is 0 Å². The smallest absolute Gasteiger partial charge is 0.268 e. The second-order valence-electron chi connectivity index (χ2n) is 8.39. The largest absolute Gasteiger partial charge is 0.370 e. The van der Waals surface area contributed by atoms with Gasteiger partial charge in [0.25, 0.3) is 11.8 Å². The monoisotopic (exact) mass is 428 g/mol. The first kappa shape index (κ1) is 26.3. The van der Waals surface area contributed by atoms with Gasteiger partial charge in [0.2, 0.25) is 0 Å². The molecule has 0 aliphatic rings. The number of amides is 2. The number of carbonyl (C=O) groups excluding carboxylic acids is 2. The molecule has 0 radical (unpaired) electrons. The third-order valence-electron chi connectivity index (χ3n) is 4.66.